The maximum atomic E-state index is 10.3. The molecule has 0 saturated carbocycles. The standard InChI is InChI=1S/C11H14O3.C6H6.H2/c1-2-14-10-6-3-9(4-7-10)5-8-11(12)13;1-2-4-6-5-3-1;/h3-4,6-7H,2,5,8H2,1H3,(H,12,13);1-6H;1H. The molecule has 3 heteroatoms. The molecule has 0 aromatic heterocycles. The molecule has 0 spiro atoms. The average Bonchev–Trinajstić information content (AvgIpc) is 2.49. The zero-order chi connectivity index (χ0) is 14.6. The smallest absolute Gasteiger partial charge is 0.303 e. The van der Waals surface area contributed by atoms with Gasteiger partial charge in [0.05, 0.1) is 6.61 Å². The van der Waals surface area contributed by atoms with Gasteiger partial charge in [-0.2, -0.15) is 0 Å². The zero-order valence-corrected chi connectivity index (χ0v) is 11.7. The van der Waals surface area contributed by atoms with Crippen LogP contribution in [0.4, 0.5) is 0 Å². The predicted molar refractivity (Wildman–Crippen MR) is 82.1 cm³/mol. The third-order valence-electron chi connectivity index (χ3n) is 2.53. The average molecular weight is 274 g/mol. The van der Waals surface area contributed by atoms with Crippen molar-refractivity contribution in [3.05, 3.63) is 66.2 Å². The van der Waals surface area contributed by atoms with Gasteiger partial charge in [0.1, 0.15) is 5.75 Å². The maximum Gasteiger partial charge on any atom is 0.303 e. The Morgan fingerprint density at radius 1 is 1.05 bits per heavy atom. The summed E-state index contributed by atoms with van der Waals surface area (Å²) >= 11 is 0. The van der Waals surface area contributed by atoms with Crippen LogP contribution >= 0.6 is 0 Å². The van der Waals surface area contributed by atoms with Crippen molar-refractivity contribution < 1.29 is 16.1 Å². The lowest BCUT2D eigenvalue weighted by atomic mass is 10.1. The first-order chi connectivity index (χ1) is 9.72. The molecule has 0 radical (unpaired) electrons. The van der Waals surface area contributed by atoms with Gasteiger partial charge in [0.25, 0.3) is 0 Å². The number of aryl methyl sites for hydroxylation is 1. The summed E-state index contributed by atoms with van der Waals surface area (Å²) < 4.78 is 5.27. The third kappa shape index (κ3) is 7.21. The highest BCUT2D eigenvalue weighted by Crippen LogP contribution is 2.13. The van der Waals surface area contributed by atoms with E-state index < -0.39 is 5.97 Å². The van der Waals surface area contributed by atoms with E-state index in [0.717, 1.165) is 11.3 Å². The fourth-order valence-corrected chi connectivity index (χ4v) is 1.56. The lowest BCUT2D eigenvalue weighted by Crippen LogP contribution is -1.97. The van der Waals surface area contributed by atoms with Crippen molar-refractivity contribution in [1.82, 2.24) is 0 Å². The van der Waals surface area contributed by atoms with Crippen LogP contribution in [0.25, 0.3) is 0 Å². The Morgan fingerprint density at radius 3 is 1.95 bits per heavy atom. The number of rotatable bonds is 5. The van der Waals surface area contributed by atoms with Gasteiger partial charge in [0.15, 0.2) is 0 Å². The lowest BCUT2D eigenvalue weighted by Gasteiger charge is -2.03. The Bertz CT molecular complexity index is 456. The molecule has 0 bridgehead atoms. The van der Waals surface area contributed by atoms with Crippen molar-refractivity contribution in [2.75, 3.05) is 6.61 Å². The predicted octanol–water partition coefficient (Wildman–Crippen LogP) is 4.04. The topological polar surface area (TPSA) is 46.5 Å². The molecule has 0 atom stereocenters. The van der Waals surface area contributed by atoms with Crippen molar-refractivity contribution in [3.8, 4) is 5.75 Å². The summed E-state index contributed by atoms with van der Waals surface area (Å²) in [6.07, 6.45) is 0.746. The molecule has 2 aromatic rings. The Hall–Kier alpha value is -2.29. The molecule has 0 aliphatic carbocycles. The first-order valence-electron chi connectivity index (χ1n) is 6.66. The third-order valence-corrected chi connectivity index (χ3v) is 2.53. The number of aliphatic carboxylic acids is 1. The van der Waals surface area contributed by atoms with Crippen molar-refractivity contribution in [3.63, 3.8) is 0 Å². The molecule has 1 N–H and O–H groups in total. The molecule has 3 nitrogen and oxygen atoms in total. The highest BCUT2D eigenvalue weighted by Gasteiger charge is 1.99. The van der Waals surface area contributed by atoms with E-state index >= 15 is 0 Å². The molecule has 2 aromatic carbocycles. The Balaban J connectivity index is 0.000000480. The monoisotopic (exact) mass is 274 g/mol. The van der Waals surface area contributed by atoms with E-state index in [0.29, 0.717) is 13.0 Å². The summed E-state index contributed by atoms with van der Waals surface area (Å²) in [7, 11) is 0. The summed E-state index contributed by atoms with van der Waals surface area (Å²) in [5, 5.41) is 8.49. The minimum absolute atomic E-state index is 0. The molecular weight excluding hydrogens is 252 g/mol. The van der Waals surface area contributed by atoms with E-state index in [1.54, 1.807) is 0 Å². The van der Waals surface area contributed by atoms with E-state index in [-0.39, 0.29) is 7.85 Å². The molecule has 0 saturated heterocycles. The number of hydrogen-bond donors (Lipinski definition) is 1. The Kier molecular flexibility index (Phi) is 7.58. The minimum atomic E-state index is -0.765. The molecule has 20 heavy (non-hydrogen) atoms. The van der Waals surface area contributed by atoms with Gasteiger partial charge in [-0.25, -0.2) is 0 Å². The van der Waals surface area contributed by atoms with Crippen LogP contribution in [0, 0.1) is 0 Å². The summed E-state index contributed by atoms with van der Waals surface area (Å²) in [4.78, 5) is 10.3. The van der Waals surface area contributed by atoms with E-state index in [9.17, 15) is 4.79 Å². The molecule has 0 aliphatic rings. The summed E-state index contributed by atoms with van der Waals surface area (Å²) in [6, 6.07) is 19.5. The van der Waals surface area contributed by atoms with Gasteiger partial charge in [-0.3, -0.25) is 4.79 Å². The number of carboxylic acids is 1. The Labute approximate surface area is 121 Å². The van der Waals surface area contributed by atoms with Gasteiger partial charge in [0.2, 0.25) is 0 Å². The SMILES string of the molecule is CCOc1ccc(CCC(=O)O)cc1.[HH].c1ccccc1. The van der Waals surface area contributed by atoms with Crippen LogP contribution in [0.2, 0.25) is 0 Å². The normalized spacial score (nSPS) is 9.25. The van der Waals surface area contributed by atoms with Crippen molar-refractivity contribution in [1.29, 1.82) is 0 Å². The van der Waals surface area contributed by atoms with Gasteiger partial charge in [0, 0.05) is 7.85 Å². The fourth-order valence-electron chi connectivity index (χ4n) is 1.56. The molecule has 0 unspecified atom stereocenters. The van der Waals surface area contributed by atoms with Crippen LogP contribution < -0.4 is 4.74 Å². The van der Waals surface area contributed by atoms with Gasteiger partial charge in [-0.15, -0.1) is 0 Å². The number of benzene rings is 2. The summed E-state index contributed by atoms with van der Waals surface area (Å²) in [6.45, 7) is 2.58. The van der Waals surface area contributed by atoms with Gasteiger partial charge < -0.3 is 9.84 Å². The summed E-state index contributed by atoms with van der Waals surface area (Å²) in [5.41, 5.74) is 1.02. The van der Waals surface area contributed by atoms with Crippen molar-refractivity contribution in [2.45, 2.75) is 19.8 Å². The fraction of sp³-hybridized carbons (Fsp3) is 0.235. The molecule has 0 fully saturated rings. The van der Waals surface area contributed by atoms with E-state index in [2.05, 4.69) is 0 Å². The maximum absolute atomic E-state index is 10.3. The van der Waals surface area contributed by atoms with Crippen molar-refractivity contribution in [2.24, 2.45) is 0 Å². The van der Waals surface area contributed by atoms with Crippen LogP contribution in [0.15, 0.2) is 60.7 Å². The molecule has 0 heterocycles. The van der Waals surface area contributed by atoms with Crippen LogP contribution in [0.1, 0.15) is 20.3 Å². The van der Waals surface area contributed by atoms with Crippen LogP contribution in [-0.4, -0.2) is 17.7 Å². The molecule has 2 rings (SSSR count). The van der Waals surface area contributed by atoms with E-state index in [1.807, 2.05) is 67.6 Å². The second-order valence-electron chi connectivity index (χ2n) is 4.13. The van der Waals surface area contributed by atoms with Crippen LogP contribution in [-0.2, 0) is 11.2 Å². The largest absolute Gasteiger partial charge is 0.494 e. The number of ether oxygens (including phenoxy) is 1. The second kappa shape index (κ2) is 9.62. The van der Waals surface area contributed by atoms with Gasteiger partial charge in [-0.05, 0) is 31.0 Å². The Morgan fingerprint density at radius 2 is 1.55 bits per heavy atom. The molecule has 0 aliphatic heterocycles. The number of carboxylic acid groups (broad SMARTS) is 1. The first kappa shape index (κ1) is 15.8. The molecular formula is C17H22O3. The summed E-state index contributed by atoms with van der Waals surface area (Å²) in [5.74, 6) is 0.0606. The van der Waals surface area contributed by atoms with Gasteiger partial charge >= 0.3 is 5.97 Å². The highest BCUT2D eigenvalue weighted by molar-refractivity contribution is 5.67. The van der Waals surface area contributed by atoms with Crippen LogP contribution in [0.3, 0.4) is 0 Å². The number of hydrogen-bond acceptors (Lipinski definition) is 2. The molecule has 108 valence electrons. The first-order valence-corrected chi connectivity index (χ1v) is 6.66. The van der Waals surface area contributed by atoms with Crippen molar-refractivity contribution >= 4 is 5.97 Å². The lowest BCUT2D eigenvalue weighted by molar-refractivity contribution is -0.136. The zero-order valence-electron chi connectivity index (χ0n) is 11.7. The second-order valence-corrected chi connectivity index (χ2v) is 4.13. The minimum Gasteiger partial charge on any atom is -0.494 e. The quantitative estimate of drug-likeness (QED) is 0.895. The number of carbonyl (C=O) groups is 1. The molecule has 0 amide bonds. The van der Waals surface area contributed by atoms with E-state index in [1.165, 1.54) is 0 Å². The van der Waals surface area contributed by atoms with Crippen LogP contribution in [0.5, 0.6) is 5.75 Å². The van der Waals surface area contributed by atoms with E-state index in [4.69, 9.17) is 9.84 Å². The highest BCUT2D eigenvalue weighted by atomic mass is 16.5. The van der Waals surface area contributed by atoms with Gasteiger partial charge in [-0.1, -0.05) is 48.5 Å².